The fourth-order valence-corrected chi connectivity index (χ4v) is 3.17. The maximum atomic E-state index is 12.7. The number of pyridine rings is 1. The smallest absolute Gasteiger partial charge is 0.274 e. The van der Waals surface area contributed by atoms with Crippen LogP contribution < -0.4 is 5.32 Å². The average molecular weight is 374 g/mol. The highest BCUT2D eigenvalue weighted by Crippen LogP contribution is 2.26. The number of para-hydroxylation sites is 2. The Bertz CT molecular complexity index is 902. The number of hydrogen-bond acceptors (Lipinski definition) is 3. The molecule has 5 nitrogen and oxygen atoms in total. The molecule has 0 unspecified atom stereocenters. The molecule has 2 heterocycles. The van der Waals surface area contributed by atoms with Crippen LogP contribution in [0, 0.1) is 6.92 Å². The Kier molecular flexibility index (Phi) is 4.09. The van der Waals surface area contributed by atoms with Gasteiger partial charge in [-0.3, -0.25) is 9.20 Å². The standard InChI is InChI=1S/C17H16BrN3O2/c1-3-12-15(17(23)20-13-6-4-5-7-14(13)22)21-9-10(2)8-11(18)16(21)19-12/h4-9,22H,3H2,1-2H3,(H,20,23). The van der Waals surface area contributed by atoms with Crippen molar-refractivity contribution in [3.8, 4) is 5.75 Å². The molecule has 2 aromatic heterocycles. The van der Waals surface area contributed by atoms with Crippen LogP contribution in [-0.4, -0.2) is 20.4 Å². The van der Waals surface area contributed by atoms with Crippen molar-refractivity contribution >= 4 is 33.2 Å². The Morgan fingerprint density at radius 3 is 2.83 bits per heavy atom. The van der Waals surface area contributed by atoms with Gasteiger partial charge in [0.15, 0.2) is 5.65 Å². The van der Waals surface area contributed by atoms with Crippen LogP contribution in [0.5, 0.6) is 5.75 Å². The first-order valence-corrected chi connectivity index (χ1v) is 8.07. The van der Waals surface area contributed by atoms with E-state index in [0.29, 0.717) is 29.1 Å². The zero-order valence-corrected chi connectivity index (χ0v) is 14.4. The number of amides is 1. The molecule has 0 aliphatic heterocycles. The molecule has 0 spiro atoms. The van der Waals surface area contributed by atoms with Crippen molar-refractivity contribution in [3.63, 3.8) is 0 Å². The van der Waals surface area contributed by atoms with Gasteiger partial charge in [-0.2, -0.15) is 0 Å². The normalized spacial score (nSPS) is 10.9. The minimum absolute atomic E-state index is 0.0325. The van der Waals surface area contributed by atoms with Crippen LogP contribution in [0.3, 0.4) is 0 Å². The number of carbonyl (C=O) groups is 1. The van der Waals surface area contributed by atoms with Crippen LogP contribution in [0.25, 0.3) is 5.65 Å². The van der Waals surface area contributed by atoms with Gasteiger partial charge in [-0.25, -0.2) is 4.98 Å². The molecule has 23 heavy (non-hydrogen) atoms. The lowest BCUT2D eigenvalue weighted by Crippen LogP contribution is -2.16. The summed E-state index contributed by atoms with van der Waals surface area (Å²) in [6.45, 7) is 3.92. The summed E-state index contributed by atoms with van der Waals surface area (Å²) in [4.78, 5) is 17.3. The highest BCUT2D eigenvalue weighted by Gasteiger charge is 2.20. The van der Waals surface area contributed by atoms with Gasteiger partial charge in [-0.15, -0.1) is 0 Å². The molecule has 118 valence electrons. The number of carbonyl (C=O) groups excluding carboxylic acids is 1. The predicted octanol–water partition coefficient (Wildman–Crippen LogP) is 3.93. The third-order valence-electron chi connectivity index (χ3n) is 3.59. The molecule has 0 aliphatic rings. The SMILES string of the molecule is CCc1nc2c(Br)cc(C)cn2c1C(=O)Nc1ccccc1O. The van der Waals surface area contributed by atoms with Gasteiger partial charge in [0.25, 0.3) is 5.91 Å². The third kappa shape index (κ3) is 2.82. The van der Waals surface area contributed by atoms with E-state index >= 15 is 0 Å². The second-order valence-corrected chi connectivity index (χ2v) is 6.15. The number of aryl methyl sites for hydroxylation is 2. The molecule has 0 bridgehead atoms. The summed E-state index contributed by atoms with van der Waals surface area (Å²) in [6.07, 6.45) is 2.52. The number of nitrogens with zero attached hydrogens (tertiary/aromatic N) is 2. The Labute approximate surface area is 142 Å². The zero-order valence-electron chi connectivity index (χ0n) is 12.8. The van der Waals surface area contributed by atoms with Gasteiger partial charge in [0.2, 0.25) is 0 Å². The van der Waals surface area contributed by atoms with E-state index in [9.17, 15) is 9.90 Å². The van der Waals surface area contributed by atoms with Gasteiger partial charge in [0, 0.05) is 6.20 Å². The molecule has 0 saturated carbocycles. The summed E-state index contributed by atoms with van der Waals surface area (Å²) in [5.41, 5.74) is 3.29. The molecular formula is C17H16BrN3O2. The van der Waals surface area contributed by atoms with Gasteiger partial charge in [-0.1, -0.05) is 19.1 Å². The van der Waals surface area contributed by atoms with E-state index in [-0.39, 0.29) is 11.7 Å². The van der Waals surface area contributed by atoms with Crippen LogP contribution in [-0.2, 0) is 6.42 Å². The van der Waals surface area contributed by atoms with Crippen molar-refractivity contribution in [2.45, 2.75) is 20.3 Å². The van der Waals surface area contributed by atoms with Crippen molar-refractivity contribution in [2.75, 3.05) is 5.32 Å². The Morgan fingerprint density at radius 2 is 2.13 bits per heavy atom. The Balaban J connectivity index is 2.11. The van der Waals surface area contributed by atoms with E-state index in [4.69, 9.17) is 0 Å². The molecule has 1 aromatic carbocycles. The lowest BCUT2D eigenvalue weighted by Gasteiger charge is -2.08. The molecular weight excluding hydrogens is 358 g/mol. The van der Waals surface area contributed by atoms with Gasteiger partial charge >= 0.3 is 0 Å². The monoisotopic (exact) mass is 373 g/mol. The fourth-order valence-electron chi connectivity index (χ4n) is 2.53. The summed E-state index contributed by atoms with van der Waals surface area (Å²) in [7, 11) is 0. The van der Waals surface area contributed by atoms with Crippen LogP contribution >= 0.6 is 15.9 Å². The molecule has 0 atom stereocenters. The number of phenolic OH excluding ortho intramolecular Hbond substituents is 1. The minimum Gasteiger partial charge on any atom is -0.506 e. The second-order valence-electron chi connectivity index (χ2n) is 5.29. The van der Waals surface area contributed by atoms with E-state index in [1.165, 1.54) is 6.07 Å². The quantitative estimate of drug-likeness (QED) is 0.683. The first-order valence-electron chi connectivity index (χ1n) is 7.27. The number of aromatic nitrogens is 2. The average Bonchev–Trinajstić information content (AvgIpc) is 2.88. The fraction of sp³-hybridized carbons (Fsp3) is 0.176. The van der Waals surface area contributed by atoms with E-state index < -0.39 is 0 Å². The van der Waals surface area contributed by atoms with Crippen molar-refractivity contribution in [2.24, 2.45) is 0 Å². The van der Waals surface area contributed by atoms with Gasteiger partial charge < -0.3 is 10.4 Å². The first-order chi connectivity index (χ1) is 11.0. The Morgan fingerprint density at radius 1 is 1.39 bits per heavy atom. The van der Waals surface area contributed by atoms with Crippen molar-refractivity contribution in [1.82, 2.24) is 9.38 Å². The highest BCUT2D eigenvalue weighted by molar-refractivity contribution is 9.10. The van der Waals surface area contributed by atoms with Crippen molar-refractivity contribution in [1.29, 1.82) is 0 Å². The maximum Gasteiger partial charge on any atom is 0.274 e. The van der Waals surface area contributed by atoms with Crippen molar-refractivity contribution < 1.29 is 9.90 Å². The molecule has 3 aromatic rings. The van der Waals surface area contributed by atoms with Crippen LogP contribution in [0.4, 0.5) is 5.69 Å². The largest absolute Gasteiger partial charge is 0.506 e. The number of hydrogen-bond donors (Lipinski definition) is 2. The van der Waals surface area contributed by atoms with Crippen LogP contribution in [0.15, 0.2) is 41.0 Å². The minimum atomic E-state index is -0.298. The summed E-state index contributed by atoms with van der Waals surface area (Å²) in [6, 6.07) is 8.61. The predicted molar refractivity (Wildman–Crippen MR) is 93.1 cm³/mol. The van der Waals surface area contributed by atoms with Gasteiger partial charge in [-0.05, 0) is 53.0 Å². The van der Waals surface area contributed by atoms with Gasteiger partial charge in [0.05, 0.1) is 15.9 Å². The zero-order chi connectivity index (χ0) is 16.6. The Hall–Kier alpha value is -2.34. The lowest BCUT2D eigenvalue weighted by atomic mass is 10.2. The molecule has 3 rings (SSSR count). The number of fused-ring (bicyclic) bond motifs is 1. The summed E-state index contributed by atoms with van der Waals surface area (Å²) < 4.78 is 2.63. The van der Waals surface area contributed by atoms with Gasteiger partial charge in [0.1, 0.15) is 11.4 Å². The topological polar surface area (TPSA) is 66.6 Å². The number of halogens is 1. The highest BCUT2D eigenvalue weighted by atomic mass is 79.9. The van der Waals surface area contributed by atoms with Crippen molar-refractivity contribution in [3.05, 3.63) is 58.0 Å². The number of benzene rings is 1. The van der Waals surface area contributed by atoms with E-state index in [0.717, 1.165) is 10.0 Å². The maximum absolute atomic E-state index is 12.7. The number of aromatic hydroxyl groups is 1. The molecule has 0 fully saturated rings. The van der Waals surface area contributed by atoms with E-state index in [2.05, 4.69) is 26.2 Å². The first kappa shape index (κ1) is 15.6. The summed E-state index contributed by atoms with van der Waals surface area (Å²) >= 11 is 3.50. The summed E-state index contributed by atoms with van der Waals surface area (Å²) in [5, 5.41) is 12.6. The molecule has 6 heteroatoms. The molecule has 2 N–H and O–H groups in total. The number of anilines is 1. The molecule has 1 amide bonds. The molecule has 0 aliphatic carbocycles. The second kappa shape index (κ2) is 6.04. The number of phenols is 1. The summed E-state index contributed by atoms with van der Waals surface area (Å²) in [5.74, 6) is -0.265. The number of nitrogens with one attached hydrogen (secondary N) is 1. The molecule has 0 radical (unpaired) electrons. The number of rotatable bonds is 3. The third-order valence-corrected chi connectivity index (χ3v) is 4.17. The van der Waals surface area contributed by atoms with Crippen LogP contribution in [0.1, 0.15) is 28.7 Å². The molecule has 0 saturated heterocycles. The number of imidazole rings is 1. The van der Waals surface area contributed by atoms with E-state index in [1.807, 2.05) is 26.1 Å². The van der Waals surface area contributed by atoms with E-state index in [1.54, 1.807) is 22.6 Å². The lowest BCUT2D eigenvalue weighted by molar-refractivity contribution is 0.102. The van der Waals surface area contributed by atoms with Crippen LogP contribution in [0.2, 0.25) is 0 Å².